The Morgan fingerprint density at radius 1 is 1.00 bits per heavy atom. The third kappa shape index (κ3) is 4.17. The summed E-state index contributed by atoms with van der Waals surface area (Å²) in [7, 11) is 0. The van der Waals surface area contributed by atoms with E-state index in [0.29, 0.717) is 15.1 Å². The van der Waals surface area contributed by atoms with Crippen molar-refractivity contribution in [2.75, 3.05) is 5.32 Å². The molecule has 4 aromatic heterocycles. The van der Waals surface area contributed by atoms with Gasteiger partial charge in [0.1, 0.15) is 0 Å². The molecule has 164 valence electrons. The zero-order valence-electron chi connectivity index (χ0n) is 16.6. The number of alkyl halides is 3. The lowest BCUT2D eigenvalue weighted by atomic mass is 10.2. The average molecular weight is 466 g/mol. The molecule has 5 rings (SSSR count). The molecule has 1 amide bonds. The Balaban J connectivity index is 1.42. The molecular formula is C22H13F3N6OS. The van der Waals surface area contributed by atoms with E-state index in [1.54, 1.807) is 18.2 Å². The van der Waals surface area contributed by atoms with E-state index in [4.69, 9.17) is 0 Å². The molecule has 0 fully saturated rings. The maximum absolute atomic E-state index is 13.6. The number of pyridine rings is 1. The van der Waals surface area contributed by atoms with Gasteiger partial charge in [-0.25, -0.2) is 4.68 Å². The van der Waals surface area contributed by atoms with Gasteiger partial charge < -0.3 is 5.32 Å². The van der Waals surface area contributed by atoms with Crippen molar-refractivity contribution in [3.05, 3.63) is 83.6 Å². The molecule has 0 aliphatic rings. The number of amides is 1. The van der Waals surface area contributed by atoms with Crippen LogP contribution < -0.4 is 5.32 Å². The van der Waals surface area contributed by atoms with Crippen LogP contribution in [0.5, 0.6) is 0 Å². The fourth-order valence-electron chi connectivity index (χ4n) is 3.19. The van der Waals surface area contributed by atoms with Gasteiger partial charge in [0.2, 0.25) is 0 Å². The van der Waals surface area contributed by atoms with Gasteiger partial charge in [-0.15, -0.1) is 21.5 Å². The van der Waals surface area contributed by atoms with Gasteiger partial charge in [0.15, 0.2) is 17.3 Å². The first-order valence-corrected chi connectivity index (χ1v) is 10.4. The quantitative estimate of drug-likeness (QED) is 0.393. The molecule has 0 atom stereocenters. The number of carbonyl (C=O) groups excluding carboxylic acids is 1. The highest BCUT2D eigenvalue weighted by molar-refractivity contribution is 7.20. The van der Waals surface area contributed by atoms with Crippen molar-refractivity contribution in [3.8, 4) is 17.1 Å². The van der Waals surface area contributed by atoms with E-state index in [1.165, 1.54) is 35.9 Å². The van der Waals surface area contributed by atoms with E-state index < -0.39 is 11.9 Å². The van der Waals surface area contributed by atoms with Gasteiger partial charge in [-0.3, -0.25) is 9.78 Å². The molecule has 1 N–H and O–H groups in total. The zero-order valence-corrected chi connectivity index (χ0v) is 17.4. The number of carbonyl (C=O) groups is 1. The molecule has 0 unspecified atom stereocenters. The standard InChI is InChI=1S/C22H13F3N6OS/c23-22(24,25)18-11-15(14-5-3-9-26-12-14)30-31(18)20-8-7-19(28-29-20)27-21(32)17-10-13-4-1-2-6-16(13)33-17/h1-12H,(H,27,28,32). The summed E-state index contributed by atoms with van der Waals surface area (Å²) >= 11 is 1.33. The largest absolute Gasteiger partial charge is 0.433 e. The Morgan fingerprint density at radius 2 is 1.85 bits per heavy atom. The lowest BCUT2D eigenvalue weighted by Crippen LogP contribution is -2.16. The van der Waals surface area contributed by atoms with Crippen molar-refractivity contribution < 1.29 is 18.0 Å². The third-order valence-electron chi connectivity index (χ3n) is 4.72. The summed E-state index contributed by atoms with van der Waals surface area (Å²) < 4.78 is 42.5. The van der Waals surface area contributed by atoms with Crippen LogP contribution in [0.15, 0.2) is 73.1 Å². The molecule has 0 radical (unpaired) electrons. The number of nitrogens with zero attached hydrogens (tertiary/aromatic N) is 5. The molecule has 0 bridgehead atoms. The number of halogens is 3. The summed E-state index contributed by atoms with van der Waals surface area (Å²) in [4.78, 5) is 16.9. The minimum atomic E-state index is -4.66. The van der Waals surface area contributed by atoms with Crippen LogP contribution in [0.25, 0.3) is 27.2 Å². The molecule has 11 heteroatoms. The number of nitrogens with one attached hydrogen (secondary N) is 1. The van der Waals surface area contributed by atoms with Gasteiger partial charge in [-0.1, -0.05) is 18.2 Å². The van der Waals surface area contributed by atoms with Crippen molar-refractivity contribution in [2.24, 2.45) is 0 Å². The third-order valence-corrected chi connectivity index (χ3v) is 5.83. The monoisotopic (exact) mass is 466 g/mol. The van der Waals surface area contributed by atoms with Crippen LogP contribution in [-0.4, -0.2) is 30.9 Å². The molecule has 0 aliphatic carbocycles. The summed E-state index contributed by atoms with van der Waals surface area (Å²) in [6.45, 7) is 0. The number of fused-ring (bicyclic) bond motifs is 1. The molecule has 0 aliphatic heterocycles. The lowest BCUT2D eigenvalue weighted by molar-refractivity contribution is -0.142. The Morgan fingerprint density at radius 3 is 2.55 bits per heavy atom. The van der Waals surface area contributed by atoms with Gasteiger partial charge in [0.05, 0.1) is 10.6 Å². The predicted octanol–water partition coefficient (Wildman–Crippen LogP) is 5.21. The Kier molecular flexibility index (Phi) is 5.09. The van der Waals surface area contributed by atoms with Gasteiger partial charge in [0.25, 0.3) is 5.91 Å². The second-order valence-corrected chi connectivity index (χ2v) is 8.03. The van der Waals surface area contributed by atoms with Crippen LogP contribution >= 0.6 is 11.3 Å². The summed E-state index contributed by atoms with van der Waals surface area (Å²) in [5.74, 6) is -0.418. The lowest BCUT2D eigenvalue weighted by Gasteiger charge is -2.09. The Hall–Kier alpha value is -4.12. The molecule has 0 spiro atoms. The first-order valence-electron chi connectivity index (χ1n) is 9.60. The highest BCUT2D eigenvalue weighted by Gasteiger charge is 2.37. The summed E-state index contributed by atoms with van der Waals surface area (Å²) in [6, 6.07) is 16.2. The van der Waals surface area contributed by atoms with Crippen molar-refractivity contribution in [3.63, 3.8) is 0 Å². The fourth-order valence-corrected chi connectivity index (χ4v) is 4.15. The van der Waals surface area contributed by atoms with Gasteiger partial charge in [-0.2, -0.15) is 18.3 Å². The minimum Gasteiger partial charge on any atom is -0.304 e. The molecule has 0 saturated heterocycles. The first-order chi connectivity index (χ1) is 15.9. The molecule has 33 heavy (non-hydrogen) atoms. The second kappa shape index (κ2) is 8.10. The SMILES string of the molecule is O=C(Nc1ccc(-n2nc(-c3cccnc3)cc2C(F)(F)F)nn1)c1cc2ccccc2s1. The maximum Gasteiger partial charge on any atom is 0.433 e. The Bertz CT molecular complexity index is 1410. The normalized spacial score (nSPS) is 11.6. The number of benzene rings is 1. The number of thiophene rings is 1. The van der Waals surface area contributed by atoms with E-state index in [0.717, 1.165) is 16.2 Å². The topological polar surface area (TPSA) is 85.6 Å². The number of hydrogen-bond acceptors (Lipinski definition) is 6. The second-order valence-electron chi connectivity index (χ2n) is 6.95. The zero-order chi connectivity index (χ0) is 23.0. The van der Waals surface area contributed by atoms with Crippen molar-refractivity contribution in [2.45, 2.75) is 6.18 Å². The average Bonchev–Trinajstić information content (AvgIpc) is 3.45. The van der Waals surface area contributed by atoms with Crippen LogP contribution in [0.2, 0.25) is 0 Å². The molecule has 5 aromatic rings. The smallest absolute Gasteiger partial charge is 0.304 e. The highest BCUT2D eigenvalue weighted by Crippen LogP contribution is 2.33. The van der Waals surface area contributed by atoms with E-state index in [1.807, 2.05) is 24.3 Å². The van der Waals surface area contributed by atoms with E-state index in [-0.39, 0.29) is 23.2 Å². The van der Waals surface area contributed by atoms with E-state index in [9.17, 15) is 18.0 Å². The molecule has 1 aromatic carbocycles. The number of hydrogen-bond donors (Lipinski definition) is 1. The maximum atomic E-state index is 13.6. The number of aromatic nitrogens is 5. The highest BCUT2D eigenvalue weighted by atomic mass is 32.1. The summed E-state index contributed by atoms with van der Waals surface area (Å²) in [6.07, 6.45) is -1.73. The van der Waals surface area contributed by atoms with E-state index >= 15 is 0 Å². The molecular weight excluding hydrogens is 453 g/mol. The molecule has 0 saturated carbocycles. The van der Waals surface area contributed by atoms with Gasteiger partial charge in [0, 0.05) is 22.7 Å². The van der Waals surface area contributed by atoms with Gasteiger partial charge >= 0.3 is 6.18 Å². The first kappa shape index (κ1) is 20.8. The van der Waals surface area contributed by atoms with Crippen LogP contribution in [0.4, 0.5) is 19.0 Å². The van der Waals surface area contributed by atoms with Crippen LogP contribution in [-0.2, 0) is 6.18 Å². The van der Waals surface area contributed by atoms with Crippen LogP contribution in [0.3, 0.4) is 0 Å². The Labute approximate surface area is 188 Å². The number of anilines is 1. The summed E-state index contributed by atoms with van der Waals surface area (Å²) in [5.41, 5.74) is -0.473. The predicted molar refractivity (Wildman–Crippen MR) is 117 cm³/mol. The summed E-state index contributed by atoms with van der Waals surface area (Å²) in [5, 5.41) is 15.3. The molecule has 4 heterocycles. The van der Waals surface area contributed by atoms with Crippen molar-refractivity contribution in [1.29, 1.82) is 0 Å². The number of rotatable bonds is 4. The van der Waals surface area contributed by atoms with Crippen LogP contribution in [0, 0.1) is 0 Å². The fraction of sp³-hybridized carbons (Fsp3) is 0.0455. The van der Waals surface area contributed by atoms with Gasteiger partial charge in [-0.05, 0) is 47.9 Å². The van der Waals surface area contributed by atoms with Crippen molar-refractivity contribution >= 4 is 33.1 Å². The van der Waals surface area contributed by atoms with E-state index in [2.05, 4.69) is 25.6 Å². The molecule has 7 nitrogen and oxygen atoms in total. The van der Waals surface area contributed by atoms with Crippen LogP contribution in [0.1, 0.15) is 15.4 Å². The van der Waals surface area contributed by atoms with Crippen molar-refractivity contribution in [1.82, 2.24) is 25.0 Å². The minimum absolute atomic E-state index is 0.0966.